The number of ketones is 1. The molecule has 1 aliphatic rings. The third-order valence-corrected chi connectivity index (χ3v) is 6.60. The lowest BCUT2D eigenvalue weighted by atomic mass is 9.94. The van der Waals surface area contributed by atoms with Gasteiger partial charge in [-0.05, 0) is 61.8 Å². The van der Waals surface area contributed by atoms with Crippen molar-refractivity contribution < 1.29 is 24.2 Å². The summed E-state index contributed by atoms with van der Waals surface area (Å²) in [5, 5.41) is 11.3. The zero-order valence-corrected chi connectivity index (χ0v) is 20.8. The number of nitrogens with zero attached hydrogens (tertiary/aromatic N) is 2. The minimum atomic E-state index is -0.739. The summed E-state index contributed by atoms with van der Waals surface area (Å²) < 4.78 is 10.8. The lowest BCUT2D eigenvalue weighted by molar-refractivity contribution is -0.140. The number of ether oxygens (including phenoxy) is 2. The lowest BCUT2D eigenvalue weighted by Gasteiger charge is -2.28. The van der Waals surface area contributed by atoms with Gasteiger partial charge in [0.25, 0.3) is 11.7 Å². The molecule has 0 bridgehead atoms. The lowest BCUT2D eigenvalue weighted by Crippen LogP contribution is -2.38. The molecule has 34 heavy (non-hydrogen) atoms. The van der Waals surface area contributed by atoms with Crippen molar-refractivity contribution in [2.45, 2.75) is 33.7 Å². The summed E-state index contributed by atoms with van der Waals surface area (Å²) in [4.78, 5) is 30.2. The molecule has 0 spiro atoms. The van der Waals surface area contributed by atoms with Crippen LogP contribution >= 0.6 is 0 Å². The van der Waals surface area contributed by atoms with Gasteiger partial charge in [0.2, 0.25) is 0 Å². The van der Waals surface area contributed by atoms with Crippen LogP contribution in [-0.2, 0) is 9.59 Å². The van der Waals surface area contributed by atoms with Gasteiger partial charge in [-0.1, -0.05) is 32.0 Å². The Morgan fingerprint density at radius 1 is 0.971 bits per heavy atom. The van der Waals surface area contributed by atoms with E-state index in [1.807, 2.05) is 26.0 Å². The van der Waals surface area contributed by atoms with E-state index in [9.17, 15) is 14.7 Å². The van der Waals surface area contributed by atoms with Gasteiger partial charge < -0.3 is 24.4 Å². The van der Waals surface area contributed by atoms with E-state index in [2.05, 4.69) is 18.7 Å². The van der Waals surface area contributed by atoms with E-state index in [4.69, 9.17) is 9.47 Å². The molecule has 1 heterocycles. The molecule has 1 aliphatic heterocycles. The molecule has 7 nitrogen and oxygen atoms in total. The first-order valence-corrected chi connectivity index (χ1v) is 11.6. The Kier molecular flexibility index (Phi) is 7.99. The Balaban J connectivity index is 2.17. The topological polar surface area (TPSA) is 79.3 Å². The number of benzene rings is 2. The molecule has 0 saturated carbocycles. The van der Waals surface area contributed by atoms with E-state index < -0.39 is 17.7 Å². The second-order valence-electron chi connectivity index (χ2n) is 8.43. The second-order valence-corrected chi connectivity index (χ2v) is 8.43. The summed E-state index contributed by atoms with van der Waals surface area (Å²) in [7, 11) is 3.08. The highest BCUT2D eigenvalue weighted by Gasteiger charge is 2.46. The van der Waals surface area contributed by atoms with E-state index in [0.29, 0.717) is 35.7 Å². The molecule has 182 valence electrons. The fraction of sp³-hybridized carbons (Fsp3) is 0.407. The number of aliphatic hydroxyl groups excluding tert-OH is 1. The van der Waals surface area contributed by atoms with Crippen LogP contribution in [0.4, 0.5) is 0 Å². The first kappa shape index (κ1) is 25.3. The minimum absolute atomic E-state index is 0.0834. The van der Waals surface area contributed by atoms with Gasteiger partial charge in [-0.15, -0.1) is 0 Å². The van der Waals surface area contributed by atoms with Gasteiger partial charge in [-0.3, -0.25) is 9.59 Å². The predicted octanol–water partition coefficient (Wildman–Crippen LogP) is 4.08. The van der Waals surface area contributed by atoms with E-state index in [-0.39, 0.29) is 11.3 Å². The number of aliphatic hydroxyl groups is 1. The summed E-state index contributed by atoms with van der Waals surface area (Å²) in [6.07, 6.45) is 0. The Labute approximate surface area is 201 Å². The summed E-state index contributed by atoms with van der Waals surface area (Å²) in [5.41, 5.74) is 3.33. The van der Waals surface area contributed by atoms with Crippen LogP contribution < -0.4 is 9.47 Å². The van der Waals surface area contributed by atoms with Crippen molar-refractivity contribution in [1.82, 2.24) is 9.80 Å². The summed E-state index contributed by atoms with van der Waals surface area (Å²) >= 11 is 0. The van der Waals surface area contributed by atoms with E-state index in [0.717, 1.165) is 24.2 Å². The maximum absolute atomic E-state index is 13.2. The van der Waals surface area contributed by atoms with Crippen molar-refractivity contribution >= 4 is 17.4 Å². The van der Waals surface area contributed by atoms with Crippen molar-refractivity contribution in [2.24, 2.45) is 0 Å². The Morgan fingerprint density at radius 2 is 1.65 bits per heavy atom. The highest BCUT2D eigenvalue weighted by atomic mass is 16.5. The van der Waals surface area contributed by atoms with Gasteiger partial charge in [0.1, 0.15) is 5.76 Å². The Hall–Kier alpha value is -3.32. The van der Waals surface area contributed by atoms with Gasteiger partial charge in [0, 0.05) is 18.7 Å². The van der Waals surface area contributed by atoms with Crippen LogP contribution in [0.1, 0.15) is 42.1 Å². The highest BCUT2D eigenvalue weighted by Crippen LogP contribution is 2.42. The molecule has 1 fully saturated rings. The molecule has 1 saturated heterocycles. The maximum Gasteiger partial charge on any atom is 0.295 e. The second kappa shape index (κ2) is 10.7. The molecule has 2 aromatic rings. The largest absolute Gasteiger partial charge is 0.507 e. The molecular formula is C27H34N2O5. The van der Waals surface area contributed by atoms with Crippen molar-refractivity contribution in [3.8, 4) is 11.5 Å². The molecule has 2 aromatic carbocycles. The molecule has 0 aromatic heterocycles. The molecule has 1 N–H and O–H groups in total. The number of amides is 1. The standard InChI is InChI=1S/C27H34N2O5/c1-7-28(8-2)13-14-29-24(19-11-12-21(33-5)22(16-19)34-6)23(26(31)27(29)32)25(30)20-10-9-17(3)18(4)15-20/h9-12,15-16,24,30H,7-8,13-14H2,1-6H3/b25-23-. The van der Waals surface area contributed by atoms with E-state index >= 15 is 0 Å². The van der Waals surface area contributed by atoms with Crippen LogP contribution in [0.15, 0.2) is 42.0 Å². The predicted molar refractivity (Wildman–Crippen MR) is 132 cm³/mol. The summed E-state index contributed by atoms with van der Waals surface area (Å²) in [5.74, 6) is -0.444. The minimum Gasteiger partial charge on any atom is -0.507 e. The SMILES string of the molecule is CCN(CC)CCN1C(=O)C(=O)/C(=C(\O)c2ccc(C)c(C)c2)C1c1ccc(OC)c(OC)c1. The number of methoxy groups -OCH3 is 2. The zero-order chi connectivity index (χ0) is 25.0. The van der Waals surface area contributed by atoms with Crippen LogP contribution in [0.3, 0.4) is 0 Å². The third kappa shape index (κ3) is 4.80. The first-order valence-electron chi connectivity index (χ1n) is 11.6. The highest BCUT2D eigenvalue weighted by molar-refractivity contribution is 6.46. The average Bonchev–Trinajstić information content (AvgIpc) is 3.10. The van der Waals surface area contributed by atoms with Gasteiger partial charge in [0.15, 0.2) is 11.5 Å². The van der Waals surface area contributed by atoms with Crippen LogP contribution in [0.25, 0.3) is 5.76 Å². The maximum atomic E-state index is 13.2. The Morgan fingerprint density at radius 3 is 2.24 bits per heavy atom. The number of likely N-dealkylation sites (tertiary alicyclic amines) is 1. The van der Waals surface area contributed by atoms with Crippen molar-refractivity contribution in [2.75, 3.05) is 40.4 Å². The number of carbonyl (C=O) groups is 2. The molecule has 0 radical (unpaired) electrons. The van der Waals surface area contributed by atoms with Gasteiger partial charge in [0.05, 0.1) is 25.8 Å². The molecule has 0 aliphatic carbocycles. The summed E-state index contributed by atoms with van der Waals surface area (Å²) in [6, 6.07) is 10.1. The summed E-state index contributed by atoms with van der Waals surface area (Å²) in [6.45, 7) is 10.7. The van der Waals surface area contributed by atoms with Gasteiger partial charge >= 0.3 is 0 Å². The molecule has 1 unspecified atom stereocenters. The molecule has 7 heteroatoms. The average molecular weight is 467 g/mol. The quantitative estimate of drug-likeness (QED) is 0.341. The fourth-order valence-electron chi connectivity index (χ4n) is 4.31. The monoisotopic (exact) mass is 466 g/mol. The molecular weight excluding hydrogens is 432 g/mol. The molecule has 1 amide bonds. The smallest absolute Gasteiger partial charge is 0.295 e. The third-order valence-electron chi connectivity index (χ3n) is 6.60. The van der Waals surface area contributed by atoms with Gasteiger partial charge in [-0.25, -0.2) is 0 Å². The fourth-order valence-corrected chi connectivity index (χ4v) is 4.31. The molecule has 3 rings (SSSR count). The number of carbonyl (C=O) groups excluding carboxylic acids is 2. The number of aryl methyl sites for hydroxylation is 2. The first-order chi connectivity index (χ1) is 16.3. The number of hydrogen-bond acceptors (Lipinski definition) is 6. The number of Topliss-reactive ketones (excluding diaryl/α,β-unsaturated/α-hetero) is 1. The van der Waals surface area contributed by atoms with Crippen LogP contribution in [0, 0.1) is 13.8 Å². The van der Waals surface area contributed by atoms with Gasteiger partial charge in [-0.2, -0.15) is 0 Å². The number of hydrogen-bond donors (Lipinski definition) is 1. The number of likely N-dealkylation sites (N-methyl/N-ethyl adjacent to an activating group) is 1. The van der Waals surface area contributed by atoms with Crippen molar-refractivity contribution in [3.05, 3.63) is 64.2 Å². The van der Waals surface area contributed by atoms with E-state index in [1.54, 1.807) is 36.3 Å². The Bertz CT molecular complexity index is 1100. The van der Waals surface area contributed by atoms with Crippen LogP contribution in [-0.4, -0.2) is 67.0 Å². The van der Waals surface area contributed by atoms with Crippen molar-refractivity contribution in [1.29, 1.82) is 0 Å². The van der Waals surface area contributed by atoms with E-state index in [1.165, 1.54) is 7.11 Å². The van der Waals surface area contributed by atoms with Crippen LogP contribution in [0.5, 0.6) is 11.5 Å². The van der Waals surface area contributed by atoms with Crippen LogP contribution in [0.2, 0.25) is 0 Å². The number of rotatable bonds is 9. The molecule has 1 atom stereocenters. The van der Waals surface area contributed by atoms with Crippen molar-refractivity contribution in [3.63, 3.8) is 0 Å². The zero-order valence-electron chi connectivity index (χ0n) is 20.8. The normalized spacial score (nSPS) is 17.5.